The van der Waals surface area contributed by atoms with E-state index in [9.17, 15) is 9.59 Å². The highest BCUT2D eigenvalue weighted by Gasteiger charge is 2.61. The molecule has 0 spiro atoms. The van der Waals surface area contributed by atoms with Gasteiger partial charge in [-0.2, -0.15) is 0 Å². The van der Waals surface area contributed by atoms with Gasteiger partial charge in [0.05, 0.1) is 0 Å². The highest BCUT2D eigenvalue weighted by Crippen LogP contribution is 2.65. The number of amides is 2. The first-order valence-electron chi connectivity index (χ1n) is 12.9. The molecule has 0 aromatic carbocycles. The minimum atomic E-state index is -0.174. The third-order valence-corrected chi connectivity index (χ3v) is 9.85. The van der Waals surface area contributed by atoms with Crippen molar-refractivity contribution < 1.29 is 9.59 Å². The van der Waals surface area contributed by atoms with Gasteiger partial charge in [0.15, 0.2) is 0 Å². The molecule has 2 N–H and O–H groups in total. The first-order valence-corrected chi connectivity index (χ1v) is 12.9. The van der Waals surface area contributed by atoms with Crippen molar-refractivity contribution in [3.63, 3.8) is 0 Å². The molecule has 0 aromatic heterocycles. The van der Waals surface area contributed by atoms with E-state index in [-0.39, 0.29) is 33.6 Å². The van der Waals surface area contributed by atoms with E-state index in [1.165, 1.54) is 19.3 Å². The van der Waals surface area contributed by atoms with Gasteiger partial charge in [0.25, 0.3) is 0 Å². The number of nitrogens with one attached hydrogen (secondary N) is 2. The normalized spacial score (nSPS) is 42.8. The average Bonchev–Trinajstić information content (AvgIpc) is 2.97. The third-order valence-electron chi connectivity index (χ3n) is 9.85. The second-order valence-electron chi connectivity index (χ2n) is 13.9. The zero-order valence-electron chi connectivity index (χ0n) is 21.1. The number of carbonyl (C=O) groups is 2. The summed E-state index contributed by atoms with van der Waals surface area (Å²) in [4.78, 5) is 25.6. The quantitative estimate of drug-likeness (QED) is 0.625. The summed E-state index contributed by atoms with van der Waals surface area (Å²) in [6.07, 6.45) is 9.66. The van der Waals surface area contributed by atoms with Crippen molar-refractivity contribution in [2.75, 3.05) is 0 Å². The molecule has 0 bridgehead atoms. The van der Waals surface area contributed by atoms with E-state index >= 15 is 0 Å². The Kier molecular flexibility index (Phi) is 5.58. The van der Waals surface area contributed by atoms with Crippen molar-refractivity contribution in [1.29, 1.82) is 0 Å². The number of fused-ring (bicyclic) bond motifs is 5. The Balaban J connectivity index is 1.49. The van der Waals surface area contributed by atoms with Crippen LogP contribution in [0.15, 0.2) is 0 Å². The van der Waals surface area contributed by atoms with Crippen LogP contribution in [0.5, 0.6) is 0 Å². The minimum Gasteiger partial charge on any atom is -0.353 e. The Morgan fingerprint density at radius 2 is 1.65 bits per heavy atom. The summed E-state index contributed by atoms with van der Waals surface area (Å²) in [5.74, 6) is 2.76. The van der Waals surface area contributed by atoms with E-state index in [1.54, 1.807) is 0 Å². The second-order valence-corrected chi connectivity index (χ2v) is 13.9. The molecule has 4 heteroatoms. The van der Waals surface area contributed by atoms with Gasteiger partial charge in [0.1, 0.15) is 0 Å². The highest BCUT2D eigenvalue weighted by atomic mass is 16.2. The lowest BCUT2D eigenvalue weighted by Crippen LogP contribution is -2.61. The first-order chi connectivity index (χ1) is 14.3. The number of hydrogen-bond acceptors (Lipinski definition) is 2. The summed E-state index contributed by atoms with van der Waals surface area (Å²) < 4.78 is 0. The Bertz CT molecular complexity index is 738. The predicted molar refractivity (Wildman–Crippen MR) is 125 cm³/mol. The van der Waals surface area contributed by atoms with Crippen LogP contribution >= 0.6 is 0 Å². The summed E-state index contributed by atoms with van der Waals surface area (Å²) in [6.45, 7) is 16.0. The van der Waals surface area contributed by atoms with E-state index in [1.807, 2.05) is 0 Å². The van der Waals surface area contributed by atoms with Crippen LogP contribution in [-0.2, 0) is 9.59 Å². The van der Waals surface area contributed by atoms with E-state index < -0.39 is 0 Å². The maximum absolute atomic E-state index is 13.5. The fourth-order valence-electron chi connectivity index (χ4n) is 8.92. The highest BCUT2D eigenvalue weighted by molar-refractivity contribution is 5.80. The van der Waals surface area contributed by atoms with Crippen LogP contribution in [0.1, 0.15) is 106 Å². The summed E-state index contributed by atoms with van der Waals surface area (Å²) in [7, 11) is 0. The fourth-order valence-corrected chi connectivity index (χ4v) is 8.92. The molecule has 2 amide bonds. The standard InChI is InChI=1S/C27H46N2O2/c1-24(2,3)16-25(4,5)29-23(31)20-10-9-18-17-8-11-21-27(7,15-13-22(30)28-21)19(17)12-14-26(18,20)6/h17-21H,8-16H2,1-7H3,(H,28,30)(H,29,31)/t17-,18-,19-,20+,21?,26-,27+/m0/s1. The lowest BCUT2D eigenvalue weighted by molar-refractivity contribution is -0.142. The Hall–Kier alpha value is -1.06. The molecule has 3 aliphatic carbocycles. The van der Waals surface area contributed by atoms with Gasteiger partial charge in [-0.1, -0.05) is 34.6 Å². The molecule has 4 aliphatic rings. The van der Waals surface area contributed by atoms with Crippen molar-refractivity contribution in [3.05, 3.63) is 0 Å². The van der Waals surface area contributed by atoms with Gasteiger partial charge in [-0.05, 0) is 99.2 Å². The fraction of sp³-hybridized carbons (Fsp3) is 0.926. The summed E-state index contributed by atoms with van der Waals surface area (Å²) >= 11 is 0. The summed E-state index contributed by atoms with van der Waals surface area (Å²) in [6, 6.07) is 0.359. The molecule has 1 aliphatic heterocycles. The van der Waals surface area contributed by atoms with E-state index in [2.05, 4.69) is 59.1 Å². The van der Waals surface area contributed by atoms with Crippen LogP contribution in [0, 0.1) is 39.9 Å². The molecule has 1 unspecified atom stereocenters. The summed E-state index contributed by atoms with van der Waals surface area (Å²) in [5.41, 5.74) is 0.394. The van der Waals surface area contributed by atoms with Crippen LogP contribution in [-0.4, -0.2) is 23.4 Å². The number of rotatable bonds is 3. The molecular formula is C27H46N2O2. The zero-order valence-corrected chi connectivity index (χ0v) is 21.1. The molecule has 7 atom stereocenters. The van der Waals surface area contributed by atoms with Gasteiger partial charge < -0.3 is 10.6 Å². The van der Waals surface area contributed by atoms with Gasteiger partial charge in [-0.25, -0.2) is 0 Å². The Morgan fingerprint density at radius 1 is 0.968 bits per heavy atom. The Morgan fingerprint density at radius 3 is 2.32 bits per heavy atom. The van der Waals surface area contributed by atoms with Crippen LogP contribution in [0.2, 0.25) is 0 Å². The first kappa shape index (κ1) is 23.1. The van der Waals surface area contributed by atoms with Crippen molar-refractivity contribution in [3.8, 4) is 0 Å². The van der Waals surface area contributed by atoms with Crippen LogP contribution < -0.4 is 10.6 Å². The summed E-state index contributed by atoms with van der Waals surface area (Å²) in [5, 5.41) is 6.79. The number of hydrogen-bond donors (Lipinski definition) is 2. The molecule has 1 saturated heterocycles. The van der Waals surface area contributed by atoms with Gasteiger partial charge in [0.2, 0.25) is 11.8 Å². The van der Waals surface area contributed by atoms with Crippen molar-refractivity contribution >= 4 is 11.8 Å². The van der Waals surface area contributed by atoms with Crippen LogP contribution in [0.4, 0.5) is 0 Å². The molecule has 3 saturated carbocycles. The van der Waals surface area contributed by atoms with Gasteiger partial charge in [-0.3, -0.25) is 9.59 Å². The molecular weight excluding hydrogens is 384 g/mol. The smallest absolute Gasteiger partial charge is 0.224 e. The van der Waals surface area contributed by atoms with Crippen molar-refractivity contribution in [1.82, 2.24) is 10.6 Å². The van der Waals surface area contributed by atoms with Crippen LogP contribution in [0.3, 0.4) is 0 Å². The number of carbonyl (C=O) groups excluding carboxylic acids is 2. The molecule has 0 radical (unpaired) electrons. The maximum atomic E-state index is 13.5. The predicted octanol–water partition coefficient (Wildman–Crippen LogP) is 5.45. The van der Waals surface area contributed by atoms with Crippen molar-refractivity contribution in [2.24, 2.45) is 39.9 Å². The van der Waals surface area contributed by atoms with E-state index in [0.29, 0.717) is 30.2 Å². The van der Waals surface area contributed by atoms with Crippen molar-refractivity contribution in [2.45, 2.75) is 118 Å². The van der Waals surface area contributed by atoms with Gasteiger partial charge in [0, 0.05) is 23.9 Å². The Labute approximate surface area is 190 Å². The minimum absolute atomic E-state index is 0.129. The second kappa shape index (κ2) is 7.48. The maximum Gasteiger partial charge on any atom is 0.224 e. The molecule has 4 rings (SSSR count). The number of piperidine rings is 1. The average molecular weight is 431 g/mol. The monoisotopic (exact) mass is 430 g/mol. The lowest BCUT2D eigenvalue weighted by Gasteiger charge is -2.60. The largest absolute Gasteiger partial charge is 0.353 e. The van der Waals surface area contributed by atoms with E-state index in [0.717, 1.165) is 38.0 Å². The van der Waals surface area contributed by atoms with E-state index in [4.69, 9.17) is 0 Å². The molecule has 0 aromatic rings. The molecule has 4 nitrogen and oxygen atoms in total. The molecule has 1 heterocycles. The zero-order chi connectivity index (χ0) is 22.8. The molecule has 176 valence electrons. The molecule has 4 fully saturated rings. The lowest BCUT2D eigenvalue weighted by atomic mass is 9.47. The van der Waals surface area contributed by atoms with Gasteiger partial charge >= 0.3 is 0 Å². The topological polar surface area (TPSA) is 58.2 Å². The molecule has 31 heavy (non-hydrogen) atoms. The third kappa shape index (κ3) is 4.06. The van der Waals surface area contributed by atoms with Gasteiger partial charge in [-0.15, -0.1) is 0 Å². The van der Waals surface area contributed by atoms with Crippen LogP contribution in [0.25, 0.3) is 0 Å². The SMILES string of the molecule is CC(C)(C)CC(C)(C)NC(=O)[C@H]1CC[C@H]2[C@@H]3CCC4NC(=O)CC[C@]4(C)[C@H]3CC[C@]12C.